The minimum atomic E-state index is -0.239. The molecule has 0 spiro atoms. The molecule has 0 fully saturated rings. The van der Waals surface area contributed by atoms with E-state index in [-0.39, 0.29) is 12.6 Å². The SMILES string of the molecule is Cc1ccc(N2c3cccc(-c4nc5ccc(C#N)cc5[nH]4)c3OCC2CO)nc1. The number of fused-ring (bicyclic) bond motifs is 2. The zero-order chi connectivity index (χ0) is 20.7. The second-order valence-corrected chi connectivity index (χ2v) is 7.29. The molecular weight excluding hydrogens is 378 g/mol. The molecule has 1 aliphatic heterocycles. The molecule has 3 heterocycles. The molecule has 5 rings (SSSR count). The van der Waals surface area contributed by atoms with Gasteiger partial charge in [-0.05, 0) is 48.9 Å². The van der Waals surface area contributed by atoms with Crippen molar-refractivity contribution in [1.29, 1.82) is 5.26 Å². The Morgan fingerprint density at radius 1 is 1.27 bits per heavy atom. The van der Waals surface area contributed by atoms with Crippen molar-refractivity contribution in [3.63, 3.8) is 0 Å². The Kier molecular flexibility index (Phi) is 4.34. The molecule has 0 aliphatic carbocycles. The normalized spacial score (nSPS) is 15.5. The predicted octanol–water partition coefficient (Wildman–Crippen LogP) is 3.70. The summed E-state index contributed by atoms with van der Waals surface area (Å²) in [5, 5.41) is 19.1. The van der Waals surface area contributed by atoms with Crippen molar-refractivity contribution in [2.45, 2.75) is 13.0 Å². The van der Waals surface area contributed by atoms with Crippen molar-refractivity contribution in [2.24, 2.45) is 0 Å². The van der Waals surface area contributed by atoms with Crippen LogP contribution >= 0.6 is 0 Å². The number of H-pyrrole nitrogens is 1. The van der Waals surface area contributed by atoms with Crippen LogP contribution in [-0.2, 0) is 0 Å². The van der Waals surface area contributed by atoms with Crippen molar-refractivity contribution in [1.82, 2.24) is 15.0 Å². The fraction of sp³-hybridized carbons (Fsp3) is 0.174. The van der Waals surface area contributed by atoms with Gasteiger partial charge in [-0.2, -0.15) is 5.26 Å². The van der Waals surface area contributed by atoms with E-state index >= 15 is 0 Å². The molecule has 1 unspecified atom stereocenters. The summed E-state index contributed by atoms with van der Waals surface area (Å²) in [6, 6.07) is 17.1. The van der Waals surface area contributed by atoms with Crippen molar-refractivity contribution in [3.05, 3.63) is 65.9 Å². The summed E-state index contributed by atoms with van der Waals surface area (Å²) in [6.45, 7) is 2.26. The summed E-state index contributed by atoms with van der Waals surface area (Å²) >= 11 is 0. The number of ether oxygens (including phenoxy) is 1. The van der Waals surface area contributed by atoms with Crippen molar-refractivity contribution in [3.8, 4) is 23.2 Å². The second-order valence-electron chi connectivity index (χ2n) is 7.29. The van der Waals surface area contributed by atoms with E-state index in [1.165, 1.54) is 0 Å². The quantitative estimate of drug-likeness (QED) is 0.547. The standard InChI is InChI=1S/C23H19N5O2/c1-14-5-8-21(25-11-14)28-16(12-29)13-30-22-17(3-2-4-20(22)28)23-26-18-7-6-15(10-24)9-19(18)27-23/h2-9,11,16,29H,12-13H2,1H3,(H,26,27). The maximum atomic E-state index is 9.94. The van der Waals surface area contributed by atoms with E-state index in [1.807, 2.05) is 54.4 Å². The van der Waals surface area contributed by atoms with Crippen molar-refractivity contribution < 1.29 is 9.84 Å². The van der Waals surface area contributed by atoms with Crippen molar-refractivity contribution in [2.75, 3.05) is 18.1 Å². The first kappa shape index (κ1) is 18.2. The highest BCUT2D eigenvalue weighted by Gasteiger charge is 2.31. The van der Waals surface area contributed by atoms with E-state index in [2.05, 4.69) is 21.0 Å². The third kappa shape index (κ3) is 2.95. The molecule has 0 bridgehead atoms. The number of nitriles is 1. The van der Waals surface area contributed by atoms with Gasteiger partial charge in [0.05, 0.1) is 46.6 Å². The van der Waals surface area contributed by atoms with E-state index < -0.39 is 0 Å². The van der Waals surface area contributed by atoms with Crippen LogP contribution in [0.2, 0.25) is 0 Å². The zero-order valence-electron chi connectivity index (χ0n) is 16.3. The summed E-state index contributed by atoms with van der Waals surface area (Å²) < 4.78 is 6.09. The number of benzene rings is 2. The smallest absolute Gasteiger partial charge is 0.154 e. The maximum Gasteiger partial charge on any atom is 0.154 e. The highest BCUT2D eigenvalue weighted by molar-refractivity contribution is 5.85. The molecule has 30 heavy (non-hydrogen) atoms. The first-order chi connectivity index (χ1) is 14.7. The maximum absolute atomic E-state index is 9.94. The van der Waals surface area contributed by atoms with Gasteiger partial charge in [0.1, 0.15) is 18.2 Å². The Hall–Kier alpha value is -3.89. The van der Waals surface area contributed by atoms with Gasteiger partial charge in [-0.1, -0.05) is 12.1 Å². The van der Waals surface area contributed by atoms with Gasteiger partial charge in [0.15, 0.2) is 5.75 Å². The summed E-state index contributed by atoms with van der Waals surface area (Å²) in [5.41, 5.74) is 4.86. The second kappa shape index (κ2) is 7.17. The number of para-hydroxylation sites is 1. The number of anilines is 2. The number of imidazole rings is 1. The van der Waals surface area contributed by atoms with Gasteiger partial charge < -0.3 is 19.7 Å². The van der Waals surface area contributed by atoms with Gasteiger partial charge in [-0.25, -0.2) is 9.97 Å². The van der Waals surface area contributed by atoms with Crippen LogP contribution in [0.5, 0.6) is 5.75 Å². The van der Waals surface area contributed by atoms with Gasteiger partial charge in [0.2, 0.25) is 0 Å². The number of aromatic nitrogens is 3. The monoisotopic (exact) mass is 397 g/mol. The molecule has 0 saturated carbocycles. The van der Waals surface area contributed by atoms with E-state index in [9.17, 15) is 5.11 Å². The molecule has 1 aliphatic rings. The lowest BCUT2D eigenvalue weighted by atomic mass is 10.1. The highest BCUT2D eigenvalue weighted by atomic mass is 16.5. The number of nitrogens with zero attached hydrogens (tertiary/aromatic N) is 4. The van der Waals surface area contributed by atoms with Crippen molar-refractivity contribution >= 4 is 22.5 Å². The van der Waals surface area contributed by atoms with Crippen LogP contribution in [0.3, 0.4) is 0 Å². The summed E-state index contributed by atoms with van der Waals surface area (Å²) in [4.78, 5) is 14.6. The third-order valence-corrected chi connectivity index (χ3v) is 5.26. The van der Waals surface area contributed by atoms with Crippen LogP contribution in [0.4, 0.5) is 11.5 Å². The minimum Gasteiger partial charge on any atom is -0.488 e. The Labute approximate surface area is 173 Å². The van der Waals surface area contributed by atoms with Crippen LogP contribution in [0.25, 0.3) is 22.4 Å². The lowest BCUT2D eigenvalue weighted by Gasteiger charge is -2.37. The number of aromatic amines is 1. The number of hydrogen-bond donors (Lipinski definition) is 2. The lowest BCUT2D eigenvalue weighted by Crippen LogP contribution is -2.43. The Balaban J connectivity index is 1.64. The molecular formula is C23H19N5O2. The first-order valence-corrected chi connectivity index (χ1v) is 9.66. The fourth-order valence-corrected chi connectivity index (χ4v) is 3.76. The Morgan fingerprint density at radius 3 is 2.93 bits per heavy atom. The molecule has 2 aromatic carbocycles. The summed E-state index contributed by atoms with van der Waals surface area (Å²) in [7, 11) is 0. The van der Waals surface area contributed by atoms with Gasteiger partial charge in [0, 0.05) is 6.20 Å². The third-order valence-electron chi connectivity index (χ3n) is 5.26. The number of nitrogens with one attached hydrogen (secondary N) is 1. The van der Waals surface area contributed by atoms with Crippen LogP contribution in [-0.4, -0.2) is 39.3 Å². The molecule has 0 amide bonds. The van der Waals surface area contributed by atoms with Crippen LogP contribution in [0, 0.1) is 18.3 Å². The van der Waals surface area contributed by atoms with E-state index in [4.69, 9.17) is 10.00 Å². The van der Waals surface area contributed by atoms with E-state index in [1.54, 1.807) is 12.1 Å². The zero-order valence-corrected chi connectivity index (χ0v) is 16.3. The Bertz CT molecular complexity index is 1270. The predicted molar refractivity (Wildman–Crippen MR) is 114 cm³/mol. The summed E-state index contributed by atoms with van der Waals surface area (Å²) in [6.07, 6.45) is 1.81. The Morgan fingerprint density at radius 2 is 2.17 bits per heavy atom. The van der Waals surface area contributed by atoms with Crippen LogP contribution in [0.1, 0.15) is 11.1 Å². The number of aryl methyl sites for hydroxylation is 1. The average Bonchev–Trinajstić information content (AvgIpc) is 3.21. The van der Waals surface area contributed by atoms with Gasteiger partial charge >= 0.3 is 0 Å². The van der Waals surface area contributed by atoms with Gasteiger partial charge in [-0.3, -0.25) is 0 Å². The number of pyridine rings is 1. The minimum absolute atomic E-state index is 0.0548. The number of hydrogen-bond acceptors (Lipinski definition) is 6. The van der Waals surface area contributed by atoms with E-state index in [0.717, 1.165) is 33.7 Å². The van der Waals surface area contributed by atoms with Gasteiger partial charge in [0.25, 0.3) is 0 Å². The van der Waals surface area contributed by atoms with Crippen LogP contribution < -0.4 is 9.64 Å². The van der Waals surface area contributed by atoms with Gasteiger partial charge in [-0.15, -0.1) is 0 Å². The molecule has 4 aromatic rings. The largest absolute Gasteiger partial charge is 0.488 e. The molecule has 0 radical (unpaired) electrons. The molecule has 7 nitrogen and oxygen atoms in total. The molecule has 0 saturated heterocycles. The summed E-state index contributed by atoms with van der Waals surface area (Å²) in [5.74, 6) is 2.10. The molecule has 148 valence electrons. The first-order valence-electron chi connectivity index (χ1n) is 9.66. The highest BCUT2D eigenvalue weighted by Crippen LogP contribution is 2.44. The average molecular weight is 397 g/mol. The topological polar surface area (TPSA) is 98.1 Å². The van der Waals surface area contributed by atoms with E-state index in [0.29, 0.717) is 23.7 Å². The number of aliphatic hydroxyl groups is 1. The lowest BCUT2D eigenvalue weighted by molar-refractivity contribution is 0.195. The fourth-order valence-electron chi connectivity index (χ4n) is 3.76. The molecule has 2 N–H and O–H groups in total. The molecule has 2 aromatic heterocycles. The molecule has 1 atom stereocenters. The number of aliphatic hydroxyl groups excluding tert-OH is 1. The number of rotatable bonds is 3. The molecule has 7 heteroatoms. The van der Waals surface area contributed by atoms with Crippen LogP contribution in [0.15, 0.2) is 54.7 Å².